The van der Waals surface area contributed by atoms with Gasteiger partial charge in [-0.05, 0) is 77.6 Å². The van der Waals surface area contributed by atoms with E-state index in [0.717, 1.165) is 68.6 Å². The number of carbonyl (C=O) groups excluding carboxylic acids is 1. The first-order valence-corrected chi connectivity index (χ1v) is 12.5. The van der Waals surface area contributed by atoms with Crippen molar-refractivity contribution in [1.82, 2.24) is 15.2 Å². The minimum absolute atomic E-state index is 0.0487. The summed E-state index contributed by atoms with van der Waals surface area (Å²) in [6.45, 7) is 13.9. The number of rotatable bonds is 6. The average Bonchev–Trinajstić information content (AvgIpc) is 3.36. The van der Waals surface area contributed by atoms with Crippen LogP contribution in [0.3, 0.4) is 0 Å². The first-order valence-electron chi connectivity index (χ1n) is 12.5. The van der Waals surface area contributed by atoms with Crippen LogP contribution in [0.2, 0.25) is 0 Å². The number of aromatic amines is 1. The third-order valence-corrected chi connectivity index (χ3v) is 6.64. The third kappa shape index (κ3) is 6.72. The summed E-state index contributed by atoms with van der Waals surface area (Å²) in [6, 6.07) is 8.37. The van der Waals surface area contributed by atoms with E-state index in [2.05, 4.69) is 47.2 Å². The van der Waals surface area contributed by atoms with Gasteiger partial charge in [0, 0.05) is 41.3 Å². The van der Waals surface area contributed by atoms with Gasteiger partial charge >= 0.3 is 0 Å². The Kier molecular flexibility index (Phi) is 8.95. The number of likely N-dealkylation sites (tertiary alicyclic amines) is 1. The number of nitrogens with zero attached hydrogens (tertiary/aromatic N) is 1. The highest BCUT2D eigenvalue weighted by atomic mass is 19.1. The summed E-state index contributed by atoms with van der Waals surface area (Å²) in [5, 5.41) is 4.39. The second kappa shape index (κ2) is 11.7. The van der Waals surface area contributed by atoms with Crippen molar-refractivity contribution >= 4 is 18.3 Å². The van der Waals surface area contributed by atoms with Gasteiger partial charge in [0.15, 0.2) is 0 Å². The van der Waals surface area contributed by atoms with Crippen molar-refractivity contribution in [3.8, 4) is 5.75 Å². The highest BCUT2D eigenvalue weighted by Crippen LogP contribution is 2.38. The lowest BCUT2D eigenvalue weighted by Crippen LogP contribution is -2.36. The summed E-state index contributed by atoms with van der Waals surface area (Å²) in [5.41, 5.74) is 3.58. The number of aromatic nitrogens is 1. The van der Waals surface area contributed by atoms with Gasteiger partial charge in [-0.1, -0.05) is 31.2 Å². The molecule has 1 fully saturated rings. The van der Waals surface area contributed by atoms with Crippen LogP contribution in [0.5, 0.6) is 5.75 Å². The number of para-hydroxylation sites is 1. The van der Waals surface area contributed by atoms with Gasteiger partial charge in [0.2, 0.25) is 6.41 Å². The predicted octanol–water partition coefficient (Wildman–Crippen LogP) is 3.97. The summed E-state index contributed by atoms with van der Waals surface area (Å²) in [6.07, 6.45) is 6.45. The fourth-order valence-corrected chi connectivity index (χ4v) is 4.86. The van der Waals surface area contributed by atoms with Crippen LogP contribution in [0.1, 0.15) is 63.8 Å². The molecule has 0 atom stereocenters. The molecule has 4 rings (SSSR count). The maximum atomic E-state index is 13.2. The van der Waals surface area contributed by atoms with Crippen molar-refractivity contribution < 1.29 is 13.9 Å². The standard InChI is InChI=1S/C18H26N2O2.C10H14FN/c1-18(2)10-15-4-3-5-16(17(15)22-18)12-20-8-6-14(7-9-20)11-19-13-21;1-4-9(11)8-6-7(3)12-10(8)5-2/h3-5,13-14H,6-12H2,1-2H3,(H,19,21);5-6,12H,4H2,1-3H3/b;9-8+,10-5+. The summed E-state index contributed by atoms with van der Waals surface area (Å²) in [5.74, 6) is 1.68. The van der Waals surface area contributed by atoms with Gasteiger partial charge in [-0.25, -0.2) is 4.39 Å². The summed E-state index contributed by atoms with van der Waals surface area (Å²) in [7, 11) is 0. The fourth-order valence-electron chi connectivity index (χ4n) is 4.86. The fraction of sp³-hybridized carbons (Fsp3) is 0.536. The Morgan fingerprint density at radius 2 is 2.06 bits per heavy atom. The number of benzene rings is 1. The van der Waals surface area contributed by atoms with E-state index in [0.29, 0.717) is 17.6 Å². The Bertz CT molecular complexity index is 1080. The number of H-pyrrole nitrogens is 1. The number of nitrogens with one attached hydrogen (secondary N) is 2. The molecule has 2 aliphatic rings. The lowest BCUT2D eigenvalue weighted by atomic mass is 9.96. The molecule has 3 heterocycles. The van der Waals surface area contributed by atoms with Gasteiger partial charge in [0.1, 0.15) is 17.2 Å². The smallest absolute Gasteiger partial charge is 0.207 e. The van der Waals surface area contributed by atoms with Crippen molar-refractivity contribution in [2.45, 2.75) is 72.4 Å². The Hall–Kier alpha value is -2.60. The average molecular weight is 470 g/mol. The van der Waals surface area contributed by atoms with Crippen molar-refractivity contribution in [3.05, 3.63) is 51.7 Å². The van der Waals surface area contributed by atoms with E-state index in [9.17, 15) is 9.18 Å². The molecule has 0 aliphatic carbocycles. The third-order valence-electron chi connectivity index (χ3n) is 6.64. The number of hydrogen-bond acceptors (Lipinski definition) is 3. The largest absolute Gasteiger partial charge is 0.487 e. The second-order valence-corrected chi connectivity index (χ2v) is 10.0. The van der Waals surface area contributed by atoms with Gasteiger partial charge in [0.05, 0.1) is 0 Å². The number of halogens is 1. The van der Waals surface area contributed by atoms with E-state index >= 15 is 0 Å². The quantitative estimate of drug-likeness (QED) is 0.630. The SMILES string of the molecule is C/C=c1/[nH]c(C)c/c1=C(\F)CC.CC1(C)Cc2cccc(CN3CCC(CNC=O)CC3)c2O1. The van der Waals surface area contributed by atoms with E-state index in [1.54, 1.807) is 0 Å². The van der Waals surface area contributed by atoms with E-state index in [-0.39, 0.29) is 11.4 Å². The zero-order valence-electron chi connectivity index (χ0n) is 21.3. The molecule has 0 saturated carbocycles. The van der Waals surface area contributed by atoms with Crippen molar-refractivity contribution in [1.29, 1.82) is 0 Å². The summed E-state index contributed by atoms with van der Waals surface area (Å²) < 4.78 is 19.4. The number of amides is 1. The molecule has 2 aromatic rings. The lowest BCUT2D eigenvalue weighted by Gasteiger charge is -2.32. The molecule has 0 bridgehead atoms. The molecule has 0 spiro atoms. The molecule has 34 heavy (non-hydrogen) atoms. The molecule has 0 radical (unpaired) electrons. The van der Waals surface area contributed by atoms with Gasteiger partial charge in [-0.2, -0.15) is 0 Å². The highest BCUT2D eigenvalue weighted by Gasteiger charge is 2.32. The van der Waals surface area contributed by atoms with Crippen LogP contribution in [-0.4, -0.2) is 41.5 Å². The van der Waals surface area contributed by atoms with Crippen LogP contribution < -0.4 is 20.6 Å². The lowest BCUT2D eigenvalue weighted by molar-refractivity contribution is -0.109. The van der Waals surface area contributed by atoms with Crippen LogP contribution in [-0.2, 0) is 17.8 Å². The van der Waals surface area contributed by atoms with Crippen molar-refractivity contribution in [2.75, 3.05) is 19.6 Å². The van der Waals surface area contributed by atoms with Crippen LogP contribution in [0.15, 0.2) is 24.3 Å². The molecular weight excluding hydrogens is 429 g/mol. The molecular formula is C28H40FN3O2. The molecule has 2 N–H and O–H groups in total. The van der Waals surface area contributed by atoms with Crippen LogP contribution in [0, 0.1) is 12.8 Å². The Balaban J connectivity index is 0.000000229. The van der Waals surface area contributed by atoms with E-state index < -0.39 is 0 Å². The number of carbonyl (C=O) groups is 1. The highest BCUT2D eigenvalue weighted by molar-refractivity contribution is 5.46. The second-order valence-electron chi connectivity index (χ2n) is 10.0. The predicted molar refractivity (Wildman–Crippen MR) is 137 cm³/mol. The summed E-state index contributed by atoms with van der Waals surface area (Å²) in [4.78, 5) is 16.0. The van der Waals surface area contributed by atoms with Crippen LogP contribution in [0.4, 0.5) is 4.39 Å². The number of hydrogen-bond donors (Lipinski definition) is 2. The molecule has 1 aromatic carbocycles. The van der Waals surface area contributed by atoms with Gasteiger partial charge in [-0.3, -0.25) is 9.69 Å². The summed E-state index contributed by atoms with van der Waals surface area (Å²) >= 11 is 0. The van der Waals surface area contributed by atoms with Crippen molar-refractivity contribution in [2.24, 2.45) is 5.92 Å². The molecule has 0 unspecified atom stereocenters. The zero-order valence-corrected chi connectivity index (χ0v) is 21.3. The molecule has 1 amide bonds. The molecule has 1 saturated heterocycles. The minimum Gasteiger partial charge on any atom is -0.487 e. The molecule has 6 heteroatoms. The van der Waals surface area contributed by atoms with Crippen molar-refractivity contribution in [3.63, 3.8) is 0 Å². The minimum atomic E-state index is -0.0775. The molecule has 2 aliphatic heterocycles. The first kappa shape index (κ1) is 26.0. The molecule has 5 nitrogen and oxygen atoms in total. The van der Waals surface area contributed by atoms with Crippen LogP contribution >= 0.6 is 0 Å². The maximum Gasteiger partial charge on any atom is 0.207 e. The normalized spacial score (nSPS) is 19.1. The topological polar surface area (TPSA) is 57.4 Å². The molecule has 1 aromatic heterocycles. The number of fused-ring (bicyclic) bond motifs is 1. The van der Waals surface area contributed by atoms with E-state index in [4.69, 9.17) is 4.74 Å². The Morgan fingerprint density at radius 1 is 1.32 bits per heavy atom. The number of ether oxygens (including phenoxy) is 1. The van der Waals surface area contributed by atoms with Crippen LogP contribution in [0.25, 0.3) is 11.9 Å². The van der Waals surface area contributed by atoms with Gasteiger partial charge < -0.3 is 15.0 Å². The molecule has 186 valence electrons. The zero-order chi connectivity index (χ0) is 24.7. The first-order chi connectivity index (χ1) is 16.3. The number of piperidine rings is 1. The Labute approximate surface area is 203 Å². The van der Waals surface area contributed by atoms with E-state index in [1.807, 2.05) is 32.9 Å². The maximum absolute atomic E-state index is 13.2. The monoisotopic (exact) mass is 469 g/mol. The Morgan fingerprint density at radius 3 is 2.71 bits per heavy atom. The van der Waals surface area contributed by atoms with Gasteiger partial charge in [0.25, 0.3) is 0 Å². The van der Waals surface area contributed by atoms with E-state index in [1.165, 1.54) is 11.1 Å². The number of aryl methyl sites for hydroxylation is 1. The van der Waals surface area contributed by atoms with Gasteiger partial charge in [-0.15, -0.1) is 0 Å².